The quantitative estimate of drug-likeness (QED) is 0.910. The fourth-order valence-electron chi connectivity index (χ4n) is 3.76. The maximum Gasteiger partial charge on any atom is 0.317 e. The third-order valence-electron chi connectivity index (χ3n) is 4.71. The van der Waals surface area contributed by atoms with E-state index in [2.05, 4.69) is 61.6 Å². The molecular formula is C20H26N2O. The minimum absolute atomic E-state index is 0.0867. The Kier molecular flexibility index (Phi) is 4.85. The van der Waals surface area contributed by atoms with Crippen LogP contribution in [0, 0.1) is 11.8 Å². The van der Waals surface area contributed by atoms with Crippen molar-refractivity contribution in [3.05, 3.63) is 48.0 Å². The van der Waals surface area contributed by atoms with Crippen LogP contribution in [0.25, 0.3) is 10.8 Å². The fraction of sp³-hybridized carbons (Fsp3) is 0.450. The van der Waals surface area contributed by atoms with Crippen LogP contribution in [0.15, 0.2) is 42.5 Å². The number of fused-ring (bicyclic) bond motifs is 1. The first kappa shape index (κ1) is 15.9. The third kappa shape index (κ3) is 3.84. The van der Waals surface area contributed by atoms with E-state index in [9.17, 15) is 4.79 Å². The van der Waals surface area contributed by atoms with Crippen LogP contribution in [0.1, 0.15) is 25.8 Å². The van der Waals surface area contributed by atoms with Crippen molar-refractivity contribution in [3.8, 4) is 0 Å². The standard InChI is InChI=1S/C20H26N2O/c1-15-12-16(2)14-22(13-15)20(23)21-11-10-18-8-5-7-17-6-3-4-9-19(17)18/h3-9,15-16H,10-14H2,1-2H3,(H,21,23). The maximum atomic E-state index is 12.4. The van der Waals surface area contributed by atoms with Gasteiger partial charge in [-0.2, -0.15) is 0 Å². The van der Waals surface area contributed by atoms with Crippen LogP contribution in [0.2, 0.25) is 0 Å². The van der Waals surface area contributed by atoms with Crippen molar-refractivity contribution in [2.24, 2.45) is 11.8 Å². The number of hydrogen-bond acceptors (Lipinski definition) is 1. The van der Waals surface area contributed by atoms with Gasteiger partial charge in [0, 0.05) is 19.6 Å². The summed E-state index contributed by atoms with van der Waals surface area (Å²) in [6, 6.07) is 14.9. The largest absolute Gasteiger partial charge is 0.338 e. The molecule has 2 aromatic carbocycles. The molecule has 0 spiro atoms. The summed E-state index contributed by atoms with van der Waals surface area (Å²) in [5, 5.41) is 5.63. The normalized spacial score (nSPS) is 21.4. The number of rotatable bonds is 3. The molecule has 2 amide bonds. The predicted octanol–water partition coefficient (Wildman–Crippen LogP) is 4.07. The third-order valence-corrected chi connectivity index (χ3v) is 4.71. The molecule has 3 heteroatoms. The first-order valence-electron chi connectivity index (χ1n) is 8.63. The molecule has 1 aliphatic heterocycles. The molecule has 3 nitrogen and oxygen atoms in total. The van der Waals surface area contributed by atoms with Crippen LogP contribution in [0.4, 0.5) is 4.79 Å². The van der Waals surface area contributed by atoms with Crippen LogP contribution >= 0.6 is 0 Å². The Balaban J connectivity index is 1.57. The highest BCUT2D eigenvalue weighted by Crippen LogP contribution is 2.21. The first-order chi connectivity index (χ1) is 11.1. The molecule has 0 bridgehead atoms. The van der Waals surface area contributed by atoms with Crippen LogP contribution in [-0.2, 0) is 6.42 Å². The van der Waals surface area contributed by atoms with E-state index in [-0.39, 0.29) is 6.03 Å². The van der Waals surface area contributed by atoms with Gasteiger partial charge in [-0.1, -0.05) is 56.3 Å². The van der Waals surface area contributed by atoms with E-state index < -0.39 is 0 Å². The lowest BCUT2D eigenvalue weighted by atomic mass is 9.92. The molecule has 1 saturated heterocycles. The summed E-state index contributed by atoms with van der Waals surface area (Å²) in [6.45, 7) is 6.90. The van der Waals surface area contributed by atoms with Gasteiger partial charge < -0.3 is 10.2 Å². The van der Waals surface area contributed by atoms with Crippen molar-refractivity contribution >= 4 is 16.8 Å². The number of carbonyl (C=O) groups excluding carboxylic acids is 1. The molecular weight excluding hydrogens is 284 g/mol. The average molecular weight is 310 g/mol. The minimum Gasteiger partial charge on any atom is -0.338 e. The second-order valence-corrected chi connectivity index (χ2v) is 6.97. The van der Waals surface area contributed by atoms with E-state index in [0.717, 1.165) is 19.5 Å². The van der Waals surface area contributed by atoms with Gasteiger partial charge in [0.05, 0.1) is 0 Å². The molecule has 0 aliphatic carbocycles. The zero-order chi connectivity index (χ0) is 16.2. The van der Waals surface area contributed by atoms with Gasteiger partial charge in [0.1, 0.15) is 0 Å². The van der Waals surface area contributed by atoms with Crippen molar-refractivity contribution in [1.82, 2.24) is 10.2 Å². The SMILES string of the molecule is CC1CC(C)CN(C(=O)NCCc2cccc3ccccc23)C1. The number of amides is 2. The summed E-state index contributed by atoms with van der Waals surface area (Å²) in [5.41, 5.74) is 1.30. The number of benzene rings is 2. The van der Waals surface area contributed by atoms with Gasteiger partial charge in [0.15, 0.2) is 0 Å². The molecule has 1 N–H and O–H groups in total. The van der Waals surface area contributed by atoms with E-state index in [4.69, 9.17) is 0 Å². The number of likely N-dealkylation sites (tertiary alicyclic amines) is 1. The Morgan fingerprint density at radius 2 is 1.78 bits per heavy atom. The van der Waals surface area contributed by atoms with E-state index in [1.165, 1.54) is 22.8 Å². The van der Waals surface area contributed by atoms with Crippen LogP contribution in [-0.4, -0.2) is 30.6 Å². The van der Waals surface area contributed by atoms with E-state index in [0.29, 0.717) is 18.4 Å². The Hall–Kier alpha value is -2.03. The number of urea groups is 1. The van der Waals surface area contributed by atoms with Crippen molar-refractivity contribution in [3.63, 3.8) is 0 Å². The van der Waals surface area contributed by atoms with Crippen molar-refractivity contribution in [2.45, 2.75) is 26.7 Å². The number of nitrogens with zero attached hydrogens (tertiary/aromatic N) is 1. The second kappa shape index (κ2) is 7.03. The lowest BCUT2D eigenvalue weighted by Crippen LogP contribution is -2.47. The zero-order valence-corrected chi connectivity index (χ0v) is 14.1. The molecule has 23 heavy (non-hydrogen) atoms. The highest BCUT2D eigenvalue weighted by atomic mass is 16.2. The topological polar surface area (TPSA) is 32.3 Å². The highest BCUT2D eigenvalue weighted by Gasteiger charge is 2.24. The number of hydrogen-bond donors (Lipinski definition) is 1. The Morgan fingerprint density at radius 1 is 1.09 bits per heavy atom. The Morgan fingerprint density at radius 3 is 2.57 bits per heavy atom. The van der Waals surface area contributed by atoms with Crippen molar-refractivity contribution < 1.29 is 4.79 Å². The summed E-state index contributed by atoms with van der Waals surface area (Å²) in [7, 11) is 0. The molecule has 2 unspecified atom stereocenters. The van der Waals surface area contributed by atoms with E-state index >= 15 is 0 Å². The molecule has 0 aromatic heterocycles. The first-order valence-corrected chi connectivity index (χ1v) is 8.63. The van der Waals surface area contributed by atoms with Crippen LogP contribution in [0.5, 0.6) is 0 Å². The van der Waals surface area contributed by atoms with Crippen molar-refractivity contribution in [1.29, 1.82) is 0 Å². The summed E-state index contributed by atoms with van der Waals surface area (Å²) in [6.07, 6.45) is 2.09. The van der Waals surface area contributed by atoms with E-state index in [1.54, 1.807) is 0 Å². The monoisotopic (exact) mass is 310 g/mol. The summed E-state index contributed by atoms with van der Waals surface area (Å²) >= 11 is 0. The van der Waals surface area contributed by atoms with Gasteiger partial charge in [0.2, 0.25) is 0 Å². The molecule has 1 fully saturated rings. The van der Waals surface area contributed by atoms with Gasteiger partial charge in [-0.25, -0.2) is 4.79 Å². The second-order valence-electron chi connectivity index (χ2n) is 6.97. The molecule has 1 aliphatic rings. The molecule has 122 valence electrons. The van der Waals surface area contributed by atoms with Gasteiger partial charge in [-0.15, -0.1) is 0 Å². The van der Waals surface area contributed by atoms with E-state index in [1.807, 2.05) is 4.90 Å². The number of nitrogens with one attached hydrogen (secondary N) is 1. The average Bonchev–Trinajstić information content (AvgIpc) is 2.54. The Labute approximate surface area is 138 Å². The predicted molar refractivity (Wildman–Crippen MR) is 95.6 cm³/mol. The molecule has 2 atom stereocenters. The highest BCUT2D eigenvalue weighted by molar-refractivity contribution is 5.85. The molecule has 3 rings (SSSR count). The minimum atomic E-state index is 0.0867. The Bertz CT molecular complexity index is 667. The summed E-state index contributed by atoms with van der Waals surface area (Å²) in [4.78, 5) is 14.3. The van der Waals surface area contributed by atoms with Crippen LogP contribution in [0.3, 0.4) is 0 Å². The van der Waals surface area contributed by atoms with Gasteiger partial charge in [0.25, 0.3) is 0 Å². The summed E-state index contributed by atoms with van der Waals surface area (Å²) in [5.74, 6) is 1.20. The van der Waals surface area contributed by atoms with Gasteiger partial charge >= 0.3 is 6.03 Å². The molecule has 0 saturated carbocycles. The zero-order valence-electron chi connectivity index (χ0n) is 14.1. The lowest BCUT2D eigenvalue weighted by molar-refractivity contribution is 0.146. The smallest absolute Gasteiger partial charge is 0.317 e. The lowest BCUT2D eigenvalue weighted by Gasteiger charge is -2.34. The fourth-order valence-corrected chi connectivity index (χ4v) is 3.76. The molecule has 0 radical (unpaired) electrons. The number of piperidine rings is 1. The van der Waals surface area contributed by atoms with Crippen LogP contribution < -0.4 is 5.32 Å². The number of carbonyl (C=O) groups is 1. The van der Waals surface area contributed by atoms with Gasteiger partial charge in [-0.3, -0.25) is 0 Å². The van der Waals surface area contributed by atoms with Crippen molar-refractivity contribution in [2.75, 3.05) is 19.6 Å². The molecule has 2 aromatic rings. The van der Waals surface area contributed by atoms with Gasteiger partial charge in [-0.05, 0) is 41.0 Å². The molecule has 1 heterocycles. The summed E-state index contributed by atoms with van der Waals surface area (Å²) < 4.78 is 0. The maximum absolute atomic E-state index is 12.4.